The van der Waals surface area contributed by atoms with E-state index in [-0.39, 0.29) is 41.1 Å². The van der Waals surface area contributed by atoms with E-state index in [2.05, 4.69) is 0 Å². The van der Waals surface area contributed by atoms with Crippen molar-refractivity contribution >= 4 is 18.3 Å². The molecule has 1 aliphatic heterocycles. The van der Waals surface area contributed by atoms with Gasteiger partial charge in [0.05, 0.1) is 7.11 Å². The fourth-order valence-corrected chi connectivity index (χ4v) is 2.59. The molecule has 21 heavy (non-hydrogen) atoms. The topological polar surface area (TPSA) is 55.6 Å². The molecule has 118 valence electrons. The van der Waals surface area contributed by atoms with Gasteiger partial charge in [-0.3, -0.25) is 4.79 Å². The lowest BCUT2D eigenvalue weighted by Gasteiger charge is -2.42. The van der Waals surface area contributed by atoms with Crippen LogP contribution in [-0.2, 0) is 0 Å². The molecule has 2 N–H and O–H groups in total. The average Bonchev–Trinajstić information content (AvgIpc) is 2.40. The molecule has 1 aromatic carbocycles. The molecular weight excluding hydrogens is 295 g/mol. The Balaban J connectivity index is 0.00000220. The zero-order valence-corrected chi connectivity index (χ0v) is 13.4. The highest BCUT2D eigenvalue weighted by Crippen LogP contribution is 2.30. The maximum atomic E-state index is 14.0. The fourth-order valence-electron chi connectivity index (χ4n) is 2.59. The Morgan fingerprint density at radius 3 is 2.71 bits per heavy atom. The maximum Gasteiger partial charge on any atom is 0.260 e. The Morgan fingerprint density at radius 1 is 1.48 bits per heavy atom. The Morgan fingerprint density at radius 2 is 2.14 bits per heavy atom. The number of benzene rings is 1. The van der Waals surface area contributed by atoms with Crippen molar-refractivity contribution in [1.82, 2.24) is 4.90 Å². The number of piperidine rings is 1. The first-order valence-electron chi connectivity index (χ1n) is 6.74. The Hall–Kier alpha value is -1.33. The zero-order chi connectivity index (χ0) is 14.9. The number of halogens is 2. The van der Waals surface area contributed by atoms with Crippen LogP contribution in [0.4, 0.5) is 4.39 Å². The van der Waals surface area contributed by atoms with Gasteiger partial charge >= 0.3 is 0 Å². The number of rotatable bonds is 2. The van der Waals surface area contributed by atoms with Gasteiger partial charge in [0.1, 0.15) is 17.1 Å². The van der Waals surface area contributed by atoms with Gasteiger partial charge in [-0.15, -0.1) is 12.4 Å². The van der Waals surface area contributed by atoms with Gasteiger partial charge in [-0.05, 0) is 24.0 Å². The van der Waals surface area contributed by atoms with Crippen LogP contribution in [0.25, 0.3) is 0 Å². The number of amides is 1. The summed E-state index contributed by atoms with van der Waals surface area (Å²) >= 11 is 0. The Kier molecular flexibility index (Phi) is 5.59. The van der Waals surface area contributed by atoms with Crippen molar-refractivity contribution in [3.05, 3.63) is 29.6 Å². The van der Waals surface area contributed by atoms with Crippen LogP contribution in [0.3, 0.4) is 0 Å². The largest absolute Gasteiger partial charge is 0.496 e. The molecule has 1 unspecified atom stereocenters. The smallest absolute Gasteiger partial charge is 0.260 e. The highest BCUT2D eigenvalue weighted by Gasteiger charge is 2.36. The number of carbonyl (C=O) groups excluding carboxylic acids is 1. The maximum absolute atomic E-state index is 14.0. The molecule has 1 amide bonds. The number of carbonyl (C=O) groups is 1. The number of nitrogens with zero attached hydrogens (tertiary/aromatic N) is 1. The van der Waals surface area contributed by atoms with E-state index in [9.17, 15) is 9.18 Å². The lowest BCUT2D eigenvalue weighted by atomic mass is 9.79. The van der Waals surface area contributed by atoms with E-state index in [0.717, 1.165) is 6.42 Å². The van der Waals surface area contributed by atoms with Crippen molar-refractivity contribution in [3.8, 4) is 5.75 Å². The predicted molar refractivity (Wildman–Crippen MR) is 82.5 cm³/mol. The summed E-state index contributed by atoms with van der Waals surface area (Å²) < 4.78 is 19.1. The predicted octanol–water partition coefficient (Wildman–Crippen LogP) is 2.46. The molecule has 6 heteroatoms. The Labute approximate surface area is 130 Å². The van der Waals surface area contributed by atoms with Crippen molar-refractivity contribution in [2.45, 2.75) is 26.3 Å². The van der Waals surface area contributed by atoms with E-state index in [0.29, 0.717) is 13.1 Å². The summed E-state index contributed by atoms with van der Waals surface area (Å²) in [6.07, 6.45) is 0.718. The van der Waals surface area contributed by atoms with Gasteiger partial charge in [-0.1, -0.05) is 19.9 Å². The second-order valence-electron chi connectivity index (χ2n) is 5.93. The van der Waals surface area contributed by atoms with Crippen LogP contribution < -0.4 is 10.5 Å². The van der Waals surface area contributed by atoms with Gasteiger partial charge in [0.25, 0.3) is 5.91 Å². The van der Waals surface area contributed by atoms with Crippen molar-refractivity contribution < 1.29 is 13.9 Å². The SMILES string of the molecule is COc1cccc(F)c1C(=O)N1CCC(N)C(C)(C)C1.Cl. The minimum absolute atomic E-state index is 0. The molecule has 0 saturated carbocycles. The summed E-state index contributed by atoms with van der Waals surface area (Å²) in [6, 6.07) is 4.45. The quantitative estimate of drug-likeness (QED) is 0.912. The molecule has 0 radical (unpaired) electrons. The molecule has 1 saturated heterocycles. The van der Waals surface area contributed by atoms with Gasteiger partial charge < -0.3 is 15.4 Å². The van der Waals surface area contributed by atoms with Crippen LogP contribution in [0.1, 0.15) is 30.6 Å². The van der Waals surface area contributed by atoms with E-state index in [1.165, 1.54) is 19.2 Å². The second kappa shape index (κ2) is 6.62. The summed E-state index contributed by atoms with van der Waals surface area (Å²) in [4.78, 5) is 14.2. The van der Waals surface area contributed by atoms with E-state index in [1.807, 2.05) is 13.8 Å². The lowest BCUT2D eigenvalue weighted by Crippen LogP contribution is -2.54. The molecular formula is C15H22ClFN2O2. The number of methoxy groups -OCH3 is 1. The summed E-state index contributed by atoms with van der Waals surface area (Å²) in [7, 11) is 1.43. The molecule has 0 spiro atoms. The molecule has 1 aromatic rings. The zero-order valence-electron chi connectivity index (χ0n) is 12.6. The first-order valence-corrected chi connectivity index (χ1v) is 6.74. The summed E-state index contributed by atoms with van der Waals surface area (Å²) in [6.45, 7) is 5.11. The third-order valence-corrected chi connectivity index (χ3v) is 4.01. The number of hydrogen-bond acceptors (Lipinski definition) is 3. The van der Waals surface area contributed by atoms with Gasteiger partial charge in [0.15, 0.2) is 0 Å². The Bertz CT molecular complexity index is 522. The van der Waals surface area contributed by atoms with Crippen molar-refractivity contribution in [1.29, 1.82) is 0 Å². The van der Waals surface area contributed by atoms with E-state index in [4.69, 9.17) is 10.5 Å². The molecule has 1 fully saturated rings. The molecule has 0 aliphatic carbocycles. The minimum atomic E-state index is -0.554. The molecule has 0 aromatic heterocycles. The minimum Gasteiger partial charge on any atom is -0.496 e. The van der Waals surface area contributed by atoms with Crippen LogP contribution in [0.2, 0.25) is 0 Å². The van der Waals surface area contributed by atoms with Gasteiger partial charge in [-0.25, -0.2) is 4.39 Å². The summed E-state index contributed by atoms with van der Waals surface area (Å²) in [5, 5.41) is 0. The monoisotopic (exact) mass is 316 g/mol. The normalized spacial score (nSPS) is 20.6. The first-order chi connectivity index (χ1) is 9.36. The third kappa shape index (κ3) is 3.47. The third-order valence-electron chi connectivity index (χ3n) is 4.01. The molecule has 4 nitrogen and oxygen atoms in total. The average molecular weight is 317 g/mol. The molecule has 1 atom stereocenters. The molecule has 1 aliphatic rings. The second-order valence-corrected chi connectivity index (χ2v) is 5.93. The highest BCUT2D eigenvalue weighted by molar-refractivity contribution is 5.97. The van der Waals surface area contributed by atoms with Gasteiger partial charge in [0, 0.05) is 19.1 Å². The fraction of sp³-hybridized carbons (Fsp3) is 0.533. The summed E-state index contributed by atoms with van der Waals surface area (Å²) in [5.41, 5.74) is 5.89. The summed E-state index contributed by atoms with van der Waals surface area (Å²) in [5.74, 6) is -0.621. The van der Waals surface area contributed by atoms with Crippen LogP contribution >= 0.6 is 12.4 Å². The number of hydrogen-bond donors (Lipinski definition) is 1. The molecule has 2 rings (SSSR count). The van der Waals surface area contributed by atoms with E-state index in [1.54, 1.807) is 11.0 Å². The van der Waals surface area contributed by atoms with E-state index < -0.39 is 5.82 Å². The number of ether oxygens (including phenoxy) is 1. The number of nitrogens with two attached hydrogens (primary N) is 1. The lowest BCUT2D eigenvalue weighted by molar-refractivity contribution is 0.0525. The molecule has 1 heterocycles. The molecule has 0 bridgehead atoms. The van der Waals surface area contributed by atoms with Crippen molar-refractivity contribution in [2.24, 2.45) is 11.1 Å². The highest BCUT2D eigenvalue weighted by atomic mass is 35.5. The van der Waals surface area contributed by atoms with Crippen LogP contribution in [0.15, 0.2) is 18.2 Å². The van der Waals surface area contributed by atoms with Crippen LogP contribution in [-0.4, -0.2) is 37.0 Å². The first kappa shape index (κ1) is 17.7. The van der Waals surface area contributed by atoms with Gasteiger partial charge in [0.2, 0.25) is 0 Å². The number of likely N-dealkylation sites (tertiary alicyclic amines) is 1. The van der Waals surface area contributed by atoms with Crippen LogP contribution in [0, 0.1) is 11.2 Å². The van der Waals surface area contributed by atoms with E-state index >= 15 is 0 Å². The van der Waals surface area contributed by atoms with Gasteiger partial charge in [-0.2, -0.15) is 0 Å². The van der Waals surface area contributed by atoms with Crippen LogP contribution in [0.5, 0.6) is 5.75 Å². The van der Waals surface area contributed by atoms with Crippen molar-refractivity contribution in [2.75, 3.05) is 20.2 Å². The standard InChI is InChI=1S/C15H21FN2O2.ClH/c1-15(2)9-18(8-7-12(15)17)14(19)13-10(16)5-4-6-11(13)20-3;/h4-6,12H,7-9,17H2,1-3H3;1H. The van der Waals surface area contributed by atoms with Crippen molar-refractivity contribution in [3.63, 3.8) is 0 Å².